The number of amides is 1. The third-order valence-corrected chi connectivity index (χ3v) is 2.51. The summed E-state index contributed by atoms with van der Waals surface area (Å²) in [5.74, 6) is -0.513. The lowest BCUT2D eigenvalue weighted by molar-refractivity contribution is -0.138. The van der Waals surface area contributed by atoms with Gasteiger partial charge in [0.1, 0.15) is 0 Å². The largest absolute Gasteiger partial charge is 0.416 e. The summed E-state index contributed by atoms with van der Waals surface area (Å²) < 4.78 is 38.4. The first-order valence-electron chi connectivity index (χ1n) is 4.60. The van der Waals surface area contributed by atoms with Crippen molar-refractivity contribution in [1.82, 2.24) is 5.32 Å². The monoisotopic (exact) mass is 307 g/mol. The zero-order valence-electron chi connectivity index (χ0n) is 8.64. The Labute approximate surface area is 105 Å². The predicted molar refractivity (Wildman–Crippen MR) is 61.2 cm³/mol. The van der Waals surface area contributed by atoms with E-state index in [1.54, 1.807) is 0 Å². The summed E-state index contributed by atoms with van der Waals surface area (Å²) in [5, 5.41) is 2.31. The molecule has 0 aliphatic rings. The predicted octanol–water partition coefficient (Wildman–Crippen LogP) is 3.27. The molecule has 1 aromatic carbocycles. The normalized spacial score (nSPS) is 11.1. The fourth-order valence-electron chi connectivity index (χ4n) is 1.22. The van der Waals surface area contributed by atoms with Crippen molar-refractivity contribution in [2.75, 3.05) is 0 Å². The summed E-state index contributed by atoms with van der Waals surface area (Å²) in [6.07, 6.45) is -3.44. The molecule has 0 aliphatic heterocycles. The maximum atomic E-state index is 12.7. The molecule has 0 atom stereocenters. The Bertz CT molecular complexity index is 443. The van der Waals surface area contributed by atoms with E-state index in [0.29, 0.717) is 4.47 Å². The molecule has 0 aromatic heterocycles. The fourth-order valence-corrected chi connectivity index (χ4v) is 1.58. The van der Waals surface area contributed by atoms with E-state index in [0.717, 1.165) is 12.1 Å². The highest BCUT2D eigenvalue weighted by Gasteiger charge is 2.33. The van der Waals surface area contributed by atoms with E-state index in [2.05, 4.69) is 27.8 Å². The van der Waals surface area contributed by atoms with Gasteiger partial charge in [0.15, 0.2) is 0 Å². The number of rotatable bonds is 3. The molecular formula is C11H9BrF3NO. The molecule has 0 saturated carbocycles. The number of benzene rings is 1. The molecule has 0 heterocycles. The second kappa shape index (κ2) is 5.35. The van der Waals surface area contributed by atoms with E-state index in [1.165, 1.54) is 12.1 Å². The minimum Gasteiger partial charge on any atom is -0.348 e. The van der Waals surface area contributed by atoms with Crippen molar-refractivity contribution in [3.63, 3.8) is 0 Å². The summed E-state index contributed by atoms with van der Waals surface area (Å²) in [6.45, 7) is 3.03. The van der Waals surface area contributed by atoms with Crippen LogP contribution in [0.3, 0.4) is 0 Å². The lowest BCUT2D eigenvalue weighted by atomic mass is 10.1. The fraction of sp³-hybridized carbons (Fsp3) is 0.182. The van der Waals surface area contributed by atoms with E-state index < -0.39 is 17.6 Å². The van der Waals surface area contributed by atoms with Crippen LogP contribution in [0.5, 0.6) is 0 Å². The lowest BCUT2D eigenvalue weighted by Gasteiger charge is -2.13. The summed E-state index contributed by atoms with van der Waals surface area (Å²) in [6, 6.07) is 3.79. The number of nitrogens with one attached hydrogen (secondary N) is 1. The standard InChI is InChI=1S/C11H9BrF3NO/c1-2-10(17)16-6-7-3-4-8(12)5-9(7)11(13,14)15/h2-5H,1,6H2,(H,16,17). The number of hydrogen-bond acceptors (Lipinski definition) is 1. The molecule has 1 amide bonds. The number of carbonyl (C=O) groups excluding carboxylic acids is 1. The smallest absolute Gasteiger partial charge is 0.348 e. The third-order valence-electron chi connectivity index (χ3n) is 2.02. The van der Waals surface area contributed by atoms with Gasteiger partial charge < -0.3 is 5.32 Å². The van der Waals surface area contributed by atoms with Gasteiger partial charge in [-0.25, -0.2) is 0 Å². The van der Waals surface area contributed by atoms with Crippen molar-refractivity contribution in [2.45, 2.75) is 12.7 Å². The molecule has 0 aliphatic carbocycles. The molecule has 1 aromatic rings. The minimum atomic E-state index is -4.45. The van der Waals surface area contributed by atoms with Gasteiger partial charge in [-0.2, -0.15) is 13.2 Å². The van der Waals surface area contributed by atoms with Crippen molar-refractivity contribution >= 4 is 21.8 Å². The Morgan fingerprint density at radius 3 is 2.65 bits per heavy atom. The quantitative estimate of drug-likeness (QED) is 0.853. The zero-order chi connectivity index (χ0) is 13.1. The molecule has 1 rings (SSSR count). The van der Waals surface area contributed by atoms with E-state index >= 15 is 0 Å². The highest BCUT2D eigenvalue weighted by molar-refractivity contribution is 9.10. The van der Waals surface area contributed by atoms with Crippen LogP contribution < -0.4 is 5.32 Å². The first-order chi connectivity index (χ1) is 7.84. The molecular weight excluding hydrogens is 299 g/mol. The molecule has 0 radical (unpaired) electrons. The van der Waals surface area contributed by atoms with Gasteiger partial charge in [-0.05, 0) is 23.8 Å². The van der Waals surface area contributed by atoms with Gasteiger partial charge in [0.2, 0.25) is 5.91 Å². The summed E-state index contributed by atoms with van der Waals surface area (Å²) in [5.41, 5.74) is -0.757. The third kappa shape index (κ3) is 3.89. The van der Waals surface area contributed by atoms with E-state index in [-0.39, 0.29) is 12.1 Å². The molecule has 0 bridgehead atoms. The topological polar surface area (TPSA) is 29.1 Å². The van der Waals surface area contributed by atoms with E-state index in [1.807, 2.05) is 0 Å². The first-order valence-corrected chi connectivity index (χ1v) is 5.40. The maximum Gasteiger partial charge on any atom is 0.416 e. The van der Waals surface area contributed by atoms with Crippen LogP contribution >= 0.6 is 15.9 Å². The number of alkyl halides is 3. The second-order valence-corrected chi connectivity index (χ2v) is 4.14. The van der Waals surface area contributed by atoms with E-state index in [9.17, 15) is 18.0 Å². The Morgan fingerprint density at radius 2 is 2.12 bits per heavy atom. The number of carbonyl (C=O) groups is 1. The molecule has 2 nitrogen and oxygen atoms in total. The Morgan fingerprint density at radius 1 is 1.47 bits per heavy atom. The van der Waals surface area contributed by atoms with Gasteiger partial charge in [0.05, 0.1) is 5.56 Å². The van der Waals surface area contributed by atoms with Crippen LogP contribution in [0.1, 0.15) is 11.1 Å². The van der Waals surface area contributed by atoms with Gasteiger partial charge in [-0.3, -0.25) is 4.79 Å². The van der Waals surface area contributed by atoms with Gasteiger partial charge in [0, 0.05) is 11.0 Å². The number of halogens is 4. The van der Waals surface area contributed by atoms with Crippen molar-refractivity contribution in [3.05, 3.63) is 46.5 Å². The van der Waals surface area contributed by atoms with E-state index in [4.69, 9.17) is 0 Å². The Kier molecular flexibility index (Phi) is 4.34. The minimum absolute atomic E-state index is 0.0101. The van der Waals surface area contributed by atoms with Crippen molar-refractivity contribution in [2.24, 2.45) is 0 Å². The van der Waals surface area contributed by atoms with Crippen LogP contribution in [0, 0.1) is 0 Å². The van der Waals surface area contributed by atoms with Crippen LogP contribution in [-0.2, 0) is 17.5 Å². The van der Waals surface area contributed by atoms with Gasteiger partial charge in [0.25, 0.3) is 0 Å². The Balaban J connectivity index is 2.99. The molecule has 6 heteroatoms. The molecule has 17 heavy (non-hydrogen) atoms. The van der Waals surface area contributed by atoms with Crippen molar-refractivity contribution < 1.29 is 18.0 Å². The van der Waals surface area contributed by atoms with Gasteiger partial charge >= 0.3 is 6.18 Å². The first kappa shape index (κ1) is 13.8. The highest BCUT2D eigenvalue weighted by Crippen LogP contribution is 2.33. The van der Waals surface area contributed by atoms with Crippen molar-refractivity contribution in [1.29, 1.82) is 0 Å². The van der Waals surface area contributed by atoms with Gasteiger partial charge in [-0.15, -0.1) is 0 Å². The molecule has 92 valence electrons. The Hall–Kier alpha value is -1.30. The van der Waals surface area contributed by atoms with Crippen LogP contribution in [0.4, 0.5) is 13.2 Å². The summed E-state index contributed by atoms with van der Waals surface area (Å²) in [4.78, 5) is 10.9. The van der Waals surface area contributed by atoms with Gasteiger partial charge in [-0.1, -0.05) is 28.6 Å². The second-order valence-electron chi connectivity index (χ2n) is 3.22. The zero-order valence-corrected chi connectivity index (χ0v) is 10.2. The van der Waals surface area contributed by atoms with Crippen LogP contribution in [0.15, 0.2) is 35.3 Å². The molecule has 0 saturated heterocycles. The van der Waals surface area contributed by atoms with Crippen LogP contribution in [0.2, 0.25) is 0 Å². The molecule has 0 fully saturated rings. The average Bonchev–Trinajstić information content (AvgIpc) is 2.25. The SMILES string of the molecule is C=CC(=O)NCc1ccc(Br)cc1C(F)(F)F. The molecule has 1 N–H and O–H groups in total. The highest BCUT2D eigenvalue weighted by atomic mass is 79.9. The maximum absolute atomic E-state index is 12.7. The summed E-state index contributed by atoms with van der Waals surface area (Å²) in [7, 11) is 0. The molecule has 0 spiro atoms. The van der Waals surface area contributed by atoms with Crippen LogP contribution in [-0.4, -0.2) is 5.91 Å². The number of hydrogen-bond donors (Lipinski definition) is 1. The molecule has 0 unspecified atom stereocenters. The van der Waals surface area contributed by atoms with Crippen molar-refractivity contribution in [3.8, 4) is 0 Å². The summed E-state index contributed by atoms with van der Waals surface area (Å²) >= 11 is 2.98. The lowest BCUT2D eigenvalue weighted by Crippen LogP contribution is -2.22. The van der Waals surface area contributed by atoms with Crippen LogP contribution in [0.25, 0.3) is 0 Å². The average molecular weight is 308 g/mol.